The van der Waals surface area contributed by atoms with Crippen molar-refractivity contribution in [1.82, 2.24) is 20.2 Å². The Bertz CT molecular complexity index is 815. The number of halogens is 2. The quantitative estimate of drug-likeness (QED) is 0.711. The van der Waals surface area contributed by atoms with E-state index in [2.05, 4.69) is 48.9 Å². The minimum Gasteiger partial charge on any atom is -0.346 e. The van der Waals surface area contributed by atoms with Crippen LogP contribution in [0.2, 0.25) is 5.02 Å². The van der Waals surface area contributed by atoms with E-state index in [1.165, 1.54) is 5.56 Å². The second-order valence-electron chi connectivity index (χ2n) is 5.50. The Hall–Kier alpha value is -1.92. The Balaban J connectivity index is 1.71. The largest absolute Gasteiger partial charge is 0.346 e. The zero-order chi connectivity index (χ0) is 15.8. The summed E-state index contributed by atoms with van der Waals surface area (Å²) in [5, 5.41) is 16.2. The van der Waals surface area contributed by atoms with Gasteiger partial charge in [0, 0.05) is 9.50 Å². The van der Waals surface area contributed by atoms with Crippen LogP contribution in [0.25, 0.3) is 0 Å². The van der Waals surface area contributed by atoms with Gasteiger partial charge in [0.2, 0.25) is 5.95 Å². The van der Waals surface area contributed by atoms with Crippen molar-refractivity contribution in [2.45, 2.75) is 18.5 Å². The summed E-state index contributed by atoms with van der Waals surface area (Å²) in [6.07, 6.45) is 0.862. The van der Waals surface area contributed by atoms with Crippen LogP contribution in [0.4, 0.5) is 5.95 Å². The van der Waals surface area contributed by atoms with Crippen molar-refractivity contribution < 1.29 is 0 Å². The molecule has 0 unspecified atom stereocenters. The van der Waals surface area contributed by atoms with Crippen molar-refractivity contribution in [3.8, 4) is 0 Å². The summed E-state index contributed by atoms with van der Waals surface area (Å²) in [5.41, 5.74) is 2.35. The Morgan fingerprint density at radius 2 is 1.74 bits per heavy atom. The van der Waals surface area contributed by atoms with Gasteiger partial charge >= 0.3 is 0 Å². The maximum absolute atomic E-state index is 6.01. The zero-order valence-corrected chi connectivity index (χ0v) is 14.4. The Kier molecular flexibility index (Phi) is 3.79. The van der Waals surface area contributed by atoms with Gasteiger partial charge in [-0.05, 0) is 52.2 Å². The third kappa shape index (κ3) is 2.84. The highest BCUT2D eigenvalue weighted by molar-refractivity contribution is 9.10. The highest BCUT2D eigenvalue weighted by Crippen LogP contribution is 2.37. The van der Waals surface area contributed by atoms with E-state index < -0.39 is 0 Å². The SMILES string of the molecule is Clc1ccc([C@H]2C[C@@H](c3ccc(Br)cc3)Nc3nnnn32)cc1. The summed E-state index contributed by atoms with van der Waals surface area (Å²) in [7, 11) is 0. The van der Waals surface area contributed by atoms with E-state index >= 15 is 0 Å². The molecule has 2 aromatic carbocycles. The number of benzene rings is 2. The number of rotatable bonds is 2. The molecule has 2 heterocycles. The van der Waals surface area contributed by atoms with Crippen LogP contribution in [0, 0.1) is 0 Å². The first-order valence-corrected chi connectivity index (χ1v) is 8.43. The Labute approximate surface area is 146 Å². The maximum atomic E-state index is 6.01. The van der Waals surface area contributed by atoms with E-state index in [1.54, 1.807) is 0 Å². The highest BCUT2D eigenvalue weighted by Gasteiger charge is 2.30. The lowest BCUT2D eigenvalue weighted by Crippen LogP contribution is -2.28. The van der Waals surface area contributed by atoms with Crippen LogP contribution in [-0.4, -0.2) is 20.2 Å². The van der Waals surface area contributed by atoms with Crippen LogP contribution in [0.3, 0.4) is 0 Å². The fourth-order valence-electron chi connectivity index (χ4n) is 2.91. The molecule has 7 heteroatoms. The van der Waals surface area contributed by atoms with E-state index in [1.807, 2.05) is 41.1 Å². The van der Waals surface area contributed by atoms with Crippen molar-refractivity contribution >= 4 is 33.5 Å². The number of hydrogen-bond donors (Lipinski definition) is 1. The normalized spacial score (nSPS) is 19.9. The van der Waals surface area contributed by atoms with Gasteiger partial charge in [0.1, 0.15) is 0 Å². The van der Waals surface area contributed by atoms with E-state index in [4.69, 9.17) is 11.6 Å². The molecule has 3 aromatic rings. The third-order valence-corrected chi connectivity index (χ3v) is 4.86. The standard InChI is InChI=1S/C16H13BrClN5/c17-12-5-1-10(2-6-12)14-9-15(11-3-7-13(18)8-4-11)23-16(19-14)20-21-22-23/h1-8,14-15H,9H2,(H,19,20,22)/t14-,15+/m0/s1. The summed E-state index contributed by atoms with van der Waals surface area (Å²) in [5.74, 6) is 0.684. The first-order chi connectivity index (χ1) is 11.2. The van der Waals surface area contributed by atoms with Gasteiger partial charge in [-0.3, -0.25) is 0 Å². The predicted molar refractivity (Wildman–Crippen MR) is 92.5 cm³/mol. The number of hydrogen-bond acceptors (Lipinski definition) is 4. The predicted octanol–water partition coefficient (Wildman–Crippen LogP) is 4.24. The van der Waals surface area contributed by atoms with E-state index in [0.29, 0.717) is 5.95 Å². The van der Waals surface area contributed by atoms with Crippen molar-refractivity contribution in [1.29, 1.82) is 0 Å². The van der Waals surface area contributed by atoms with E-state index in [9.17, 15) is 0 Å². The molecule has 0 saturated carbocycles. The lowest BCUT2D eigenvalue weighted by Gasteiger charge is -2.31. The van der Waals surface area contributed by atoms with Crippen LogP contribution in [-0.2, 0) is 0 Å². The smallest absolute Gasteiger partial charge is 0.243 e. The molecule has 116 valence electrons. The van der Waals surface area contributed by atoms with E-state index in [0.717, 1.165) is 21.5 Å². The molecule has 1 aliphatic heterocycles. The Morgan fingerprint density at radius 3 is 2.48 bits per heavy atom. The molecule has 1 N–H and O–H groups in total. The second-order valence-corrected chi connectivity index (χ2v) is 6.85. The number of anilines is 1. The van der Waals surface area contributed by atoms with Crippen molar-refractivity contribution in [2.75, 3.05) is 5.32 Å². The second kappa shape index (κ2) is 5.94. The fourth-order valence-corrected chi connectivity index (χ4v) is 3.30. The molecule has 2 atom stereocenters. The molecule has 1 aromatic heterocycles. The van der Waals surface area contributed by atoms with Crippen molar-refractivity contribution in [2.24, 2.45) is 0 Å². The molecular weight excluding hydrogens is 378 g/mol. The molecule has 0 aliphatic carbocycles. The molecule has 4 rings (SSSR count). The molecule has 0 bridgehead atoms. The number of aromatic nitrogens is 4. The first-order valence-electron chi connectivity index (χ1n) is 7.26. The third-order valence-electron chi connectivity index (χ3n) is 4.08. The molecule has 23 heavy (non-hydrogen) atoms. The van der Waals surface area contributed by atoms with Gasteiger partial charge in [-0.25, -0.2) is 4.68 Å². The summed E-state index contributed by atoms with van der Waals surface area (Å²) in [6, 6.07) is 16.4. The van der Waals surface area contributed by atoms with Crippen LogP contribution in [0.1, 0.15) is 29.6 Å². The van der Waals surface area contributed by atoms with Gasteiger partial charge < -0.3 is 5.32 Å². The Morgan fingerprint density at radius 1 is 1.04 bits per heavy atom. The van der Waals surface area contributed by atoms with Gasteiger partial charge in [0.05, 0.1) is 12.1 Å². The summed E-state index contributed by atoms with van der Waals surface area (Å²) < 4.78 is 2.90. The minimum atomic E-state index is 0.0761. The number of nitrogens with zero attached hydrogens (tertiary/aromatic N) is 4. The van der Waals surface area contributed by atoms with Crippen molar-refractivity contribution in [3.05, 3.63) is 69.2 Å². The van der Waals surface area contributed by atoms with Crippen LogP contribution in [0.15, 0.2) is 53.0 Å². The average molecular weight is 391 g/mol. The summed E-state index contributed by atoms with van der Waals surface area (Å²) >= 11 is 9.48. The molecule has 1 aliphatic rings. The summed E-state index contributed by atoms with van der Waals surface area (Å²) in [6.45, 7) is 0. The van der Waals surface area contributed by atoms with Crippen LogP contribution >= 0.6 is 27.5 Å². The van der Waals surface area contributed by atoms with E-state index in [-0.39, 0.29) is 12.1 Å². The summed E-state index contributed by atoms with van der Waals surface area (Å²) in [4.78, 5) is 0. The van der Waals surface area contributed by atoms with Gasteiger partial charge in [0.15, 0.2) is 0 Å². The molecule has 0 spiro atoms. The molecule has 5 nitrogen and oxygen atoms in total. The van der Waals surface area contributed by atoms with Gasteiger partial charge in [0.25, 0.3) is 0 Å². The van der Waals surface area contributed by atoms with Gasteiger partial charge in [-0.2, -0.15) is 0 Å². The average Bonchev–Trinajstić information content (AvgIpc) is 3.04. The molecule has 0 amide bonds. The van der Waals surface area contributed by atoms with Crippen LogP contribution < -0.4 is 5.32 Å². The number of fused-ring (bicyclic) bond motifs is 1. The molecular formula is C16H13BrClN5. The molecule has 0 radical (unpaired) electrons. The monoisotopic (exact) mass is 389 g/mol. The van der Waals surface area contributed by atoms with Gasteiger partial charge in [-0.15, -0.1) is 0 Å². The first kappa shape index (κ1) is 14.7. The topological polar surface area (TPSA) is 55.6 Å². The zero-order valence-electron chi connectivity index (χ0n) is 12.0. The number of nitrogens with one attached hydrogen (secondary N) is 1. The molecule has 0 saturated heterocycles. The minimum absolute atomic E-state index is 0.0761. The van der Waals surface area contributed by atoms with Gasteiger partial charge in [-0.1, -0.05) is 56.9 Å². The fraction of sp³-hybridized carbons (Fsp3) is 0.188. The lowest BCUT2D eigenvalue weighted by atomic mass is 9.93. The number of tetrazole rings is 1. The van der Waals surface area contributed by atoms with Crippen molar-refractivity contribution in [3.63, 3.8) is 0 Å². The maximum Gasteiger partial charge on any atom is 0.243 e. The van der Waals surface area contributed by atoms with Crippen LogP contribution in [0.5, 0.6) is 0 Å². The lowest BCUT2D eigenvalue weighted by molar-refractivity contribution is 0.424. The highest BCUT2D eigenvalue weighted by atomic mass is 79.9. The molecule has 0 fully saturated rings.